The highest BCUT2D eigenvalue weighted by atomic mass is 16.5. The summed E-state index contributed by atoms with van der Waals surface area (Å²) in [7, 11) is 1.58. The van der Waals surface area contributed by atoms with E-state index < -0.39 is 0 Å². The van der Waals surface area contributed by atoms with Crippen molar-refractivity contribution in [1.82, 2.24) is 5.32 Å². The van der Waals surface area contributed by atoms with Gasteiger partial charge in [0.15, 0.2) is 0 Å². The number of aliphatic hydroxyl groups is 1. The molecule has 0 bridgehead atoms. The second-order valence-corrected chi connectivity index (χ2v) is 4.07. The molecule has 5 heteroatoms. The summed E-state index contributed by atoms with van der Waals surface area (Å²) in [6.07, 6.45) is 0.631. The van der Waals surface area contributed by atoms with E-state index in [1.165, 1.54) is 0 Å². The number of hydrogen-bond acceptors (Lipinski definition) is 4. The summed E-state index contributed by atoms with van der Waals surface area (Å²) in [5, 5.41) is 14.5. The van der Waals surface area contributed by atoms with E-state index in [9.17, 15) is 4.79 Å². The van der Waals surface area contributed by atoms with Gasteiger partial charge in [-0.15, -0.1) is 0 Å². The third kappa shape index (κ3) is 5.16. The molecular weight excluding hydrogens is 232 g/mol. The Bertz CT molecular complexity index is 382. The lowest BCUT2D eigenvalue weighted by atomic mass is 10.2. The Morgan fingerprint density at radius 3 is 2.94 bits per heavy atom. The molecule has 0 aromatic heterocycles. The molecule has 3 N–H and O–H groups in total. The normalized spacial score (nSPS) is 11.9. The standard InChI is InChI=1S/C13H20N2O3/c1-10(6-7-16)14-9-13(17)15-11-4-3-5-12(8-11)18-2/h3-5,8,10,14,16H,6-7,9H2,1-2H3,(H,15,17). The van der Waals surface area contributed by atoms with Crippen LogP contribution in [0.3, 0.4) is 0 Å². The molecule has 0 heterocycles. The van der Waals surface area contributed by atoms with E-state index in [1.54, 1.807) is 19.2 Å². The molecule has 1 unspecified atom stereocenters. The number of amides is 1. The van der Waals surface area contributed by atoms with Crippen molar-refractivity contribution in [3.8, 4) is 5.75 Å². The lowest BCUT2D eigenvalue weighted by molar-refractivity contribution is -0.115. The molecule has 1 atom stereocenters. The molecule has 0 saturated carbocycles. The SMILES string of the molecule is COc1cccc(NC(=O)CNC(C)CCO)c1. The summed E-state index contributed by atoms with van der Waals surface area (Å²) in [5.74, 6) is 0.586. The largest absolute Gasteiger partial charge is 0.497 e. The first-order chi connectivity index (χ1) is 8.65. The maximum atomic E-state index is 11.6. The van der Waals surface area contributed by atoms with Crippen molar-refractivity contribution in [3.05, 3.63) is 24.3 Å². The predicted molar refractivity (Wildman–Crippen MR) is 70.8 cm³/mol. The summed E-state index contributed by atoms with van der Waals surface area (Å²) in [4.78, 5) is 11.6. The van der Waals surface area contributed by atoms with E-state index in [0.29, 0.717) is 17.9 Å². The van der Waals surface area contributed by atoms with Crippen LogP contribution in [0.5, 0.6) is 5.75 Å². The molecule has 0 saturated heterocycles. The highest BCUT2D eigenvalue weighted by Crippen LogP contribution is 2.16. The average molecular weight is 252 g/mol. The molecular formula is C13H20N2O3. The first-order valence-corrected chi connectivity index (χ1v) is 5.94. The molecule has 1 aromatic carbocycles. The molecule has 0 aliphatic rings. The van der Waals surface area contributed by atoms with Crippen LogP contribution in [-0.4, -0.2) is 37.3 Å². The summed E-state index contributed by atoms with van der Waals surface area (Å²) < 4.78 is 5.07. The van der Waals surface area contributed by atoms with Crippen molar-refractivity contribution >= 4 is 11.6 Å². The smallest absolute Gasteiger partial charge is 0.238 e. The van der Waals surface area contributed by atoms with Crippen molar-refractivity contribution in [1.29, 1.82) is 0 Å². The Balaban J connectivity index is 2.39. The van der Waals surface area contributed by atoms with E-state index in [2.05, 4.69) is 10.6 Å². The van der Waals surface area contributed by atoms with Crippen LogP contribution < -0.4 is 15.4 Å². The maximum absolute atomic E-state index is 11.6. The van der Waals surface area contributed by atoms with Gasteiger partial charge in [-0.25, -0.2) is 0 Å². The van der Waals surface area contributed by atoms with Gasteiger partial charge >= 0.3 is 0 Å². The maximum Gasteiger partial charge on any atom is 0.238 e. The van der Waals surface area contributed by atoms with Crippen LogP contribution >= 0.6 is 0 Å². The van der Waals surface area contributed by atoms with E-state index in [4.69, 9.17) is 9.84 Å². The Labute approximate surface area is 107 Å². The number of benzene rings is 1. The molecule has 0 radical (unpaired) electrons. The Morgan fingerprint density at radius 2 is 2.28 bits per heavy atom. The molecule has 5 nitrogen and oxygen atoms in total. The van der Waals surface area contributed by atoms with E-state index in [-0.39, 0.29) is 25.1 Å². The van der Waals surface area contributed by atoms with Gasteiger partial charge in [0.05, 0.1) is 13.7 Å². The van der Waals surface area contributed by atoms with Crippen molar-refractivity contribution in [2.45, 2.75) is 19.4 Å². The predicted octanol–water partition coefficient (Wildman–Crippen LogP) is 0.994. The van der Waals surface area contributed by atoms with E-state index in [0.717, 1.165) is 0 Å². The van der Waals surface area contributed by atoms with Crippen molar-refractivity contribution in [2.75, 3.05) is 25.6 Å². The van der Waals surface area contributed by atoms with Gasteiger partial charge in [-0.05, 0) is 25.5 Å². The molecule has 1 aromatic rings. The van der Waals surface area contributed by atoms with Gasteiger partial charge in [-0.1, -0.05) is 6.07 Å². The number of methoxy groups -OCH3 is 1. The summed E-state index contributed by atoms with van der Waals surface area (Å²) >= 11 is 0. The zero-order valence-corrected chi connectivity index (χ0v) is 10.8. The fraction of sp³-hybridized carbons (Fsp3) is 0.462. The molecule has 100 valence electrons. The van der Waals surface area contributed by atoms with E-state index in [1.807, 2.05) is 19.1 Å². The average Bonchev–Trinajstić information content (AvgIpc) is 2.37. The highest BCUT2D eigenvalue weighted by Gasteiger charge is 2.05. The van der Waals surface area contributed by atoms with Crippen LogP contribution in [0.2, 0.25) is 0 Å². The van der Waals surface area contributed by atoms with Crippen LogP contribution in [0.1, 0.15) is 13.3 Å². The third-order valence-electron chi connectivity index (χ3n) is 2.53. The molecule has 18 heavy (non-hydrogen) atoms. The Hall–Kier alpha value is -1.59. The minimum Gasteiger partial charge on any atom is -0.497 e. The second-order valence-electron chi connectivity index (χ2n) is 4.07. The number of rotatable bonds is 7. The molecule has 1 rings (SSSR count). The highest BCUT2D eigenvalue weighted by molar-refractivity contribution is 5.92. The number of ether oxygens (including phenoxy) is 1. The van der Waals surface area contributed by atoms with Crippen LogP contribution in [0, 0.1) is 0 Å². The zero-order chi connectivity index (χ0) is 13.4. The number of carbonyl (C=O) groups excluding carboxylic acids is 1. The fourth-order valence-electron chi connectivity index (χ4n) is 1.47. The minimum atomic E-state index is -0.118. The molecule has 0 aliphatic carbocycles. The Kier molecular flexibility index (Phi) is 6.18. The van der Waals surface area contributed by atoms with Gasteiger partial charge in [0, 0.05) is 24.4 Å². The van der Waals surface area contributed by atoms with Gasteiger partial charge in [-0.2, -0.15) is 0 Å². The van der Waals surface area contributed by atoms with E-state index >= 15 is 0 Å². The molecule has 0 aliphatic heterocycles. The van der Waals surface area contributed by atoms with Crippen LogP contribution in [-0.2, 0) is 4.79 Å². The quantitative estimate of drug-likeness (QED) is 0.677. The van der Waals surface area contributed by atoms with Gasteiger partial charge in [0.25, 0.3) is 0 Å². The van der Waals surface area contributed by atoms with Crippen molar-refractivity contribution < 1.29 is 14.6 Å². The number of nitrogens with one attached hydrogen (secondary N) is 2. The third-order valence-corrected chi connectivity index (χ3v) is 2.53. The molecule has 0 fully saturated rings. The van der Waals surface area contributed by atoms with Gasteiger partial charge < -0.3 is 20.5 Å². The van der Waals surface area contributed by atoms with Crippen molar-refractivity contribution in [2.24, 2.45) is 0 Å². The fourth-order valence-corrected chi connectivity index (χ4v) is 1.47. The molecule has 0 spiro atoms. The lowest BCUT2D eigenvalue weighted by Gasteiger charge is -2.12. The summed E-state index contributed by atoms with van der Waals surface area (Å²) in [6.45, 7) is 2.26. The number of anilines is 1. The number of carbonyl (C=O) groups is 1. The first-order valence-electron chi connectivity index (χ1n) is 5.94. The lowest BCUT2D eigenvalue weighted by Crippen LogP contribution is -2.34. The number of hydrogen-bond donors (Lipinski definition) is 3. The van der Waals surface area contributed by atoms with Gasteiger partial charge in [0.2, 0.25) is 5.91 Å². The monoisotopic (exact) mass is 252 g/mol. The van der Waals surface area contributed by atoms with Gasteiger partial charge in [0.1, 0.15) is 5.75 Å². The van der Waals surface area contributed by atoms with Crippen molar-refractivity contribution in [3.63, 3.8) is 0 Å². The van der Waals surface area contributed by atoms with Gasteiger partial charge in [-0.3, -0.25) is 4.79 Å². The minimum absolute atomic E-state index is 0.117. The summed E-state index contributed by atoms with van der Waals surface area (Å²) in [6, 6.07) is 7.31. The second kappa shape index (κ2) is 7.68. The molecule has 1 amide bonds. The first kappa shape index (κ1) is 14.5. The van der Waals surface area contributed by atoms with Crippen LogP contribution in [0.15, 0.2) is 24.3 Å². The zero-order valence-electron chi connectivity index (χ0n) is 10.8. The van der Waals surface area contributed by atoms with Crippen LogP contribution in [0.4, 0.5) is 5.69 Å². The van der Waals surface area contributed by atoms with Crippen LogP contribution in [0.25, 0.3) is 0 Å². The Morgan fingerprint density at radius 1 is 1.50 bits per heavy atom. The number of aliphatic hydroxyl groups excluding tert-OH is 1. The summed E-state index contributed by atoms with van der Waals surface area (Å²) in [5.41, 5.74) is 0.705. The topological polar surface area (TPSA) is 70.6 Å².